The Kier molecular flexibility index (Phi) is 3.08. The second-order valence-corrected chi connectivity index (χ2v) is 3.60. The number of aliphatic carboxylic acids is 1. The number of hydrogen-bond donors (Lipinski definition) is 2. The van der Waals surface area contributed by atoms with Crippen LogP contribution in [0.4, 0.5) is 0 Å². The maximum Gasteiger partial charge on any atom is 0.306 e. The fraction of sp³-hybridized carbons (Fsp3) is 0.286. The van der Waals surface area contributed by atoms with E-state index < -0.39 is 12.1 Å². The molecular weight excluding hydrogens is 200 g/mol. The minimum absolute atomic E-state index is 0.305. The Labute approximate surface area is 78.2 Å². The van der Waals surface area contributed by atoms with Gasteiger partial charge in [-0.1, -0.05) is 11.6 Å². The molecule has 0 radical (unpaired) electrons. The number of rotatable bonds is 3. The summed E-state index contributed by atoms with van der Waals surface area (Å²) >= 11 is 6.93. The molecule has 0 saturated carbocycles. The van der Waals surface area contributed by atoms with Crippen LogP contribution >= 0.6 is 22.9 Å². The lowest BCUT2D eigenvalue weighted by Crippen LogP contribution is -2.03. The van der Waals surface area contributed by atoms with Gasteiger partial charge in [-0.2, -0.15) is 0 Å². The van der Waals surface area contributed by atoms with Crippen LogP contribution in [0.5, 0.6) is 0 Å². The highest BCUT2D eigenvalue weighted by Crippen LogP contribution is 2.30. The van der Waals surface area contributed by atoms with Crippen LogP contribution < -0.4 is 0 Å². The van der Waals surface area contributed by atoms with Crippen molar-refractivity contribution < 1.29 is 15.0 Å². The molecule has 2 N–H and O–H groups in total. The maximum atomic E-state index is 10.2. The Morgan fingerprint density at radius 1 is 1.75 bits per heavy atom. The molecule has 0 aliphatic heterocycles. The summed E-state index contributed by atoms with van der Waals surface area (Å²) in [5.74, 6) is -1.04. The van der Waals surface area contributed by atoms with Crippen LogP contribution in [0.25, 0.3) is 0 Å². The molecule has 1 rings (SSSR count). The lowest BCUT2D eigenvalue weighted by atomic mass is 10.2. The first-order chi connectivity index (χ1) is 5.61. The molecule has 0 aliphatic rings. The van der Waals surface area contributed by atoms with E-state index in [0.717, 1.165) is 0 Å². The van der Waals surface area contributed by atoms with E-state index in [9.17, 15) is 9.90 Å². The van der Waals surface area contributed by atoms with E-state index in [-0.39, 0.29) is 6.42 Å². The quantitative estimate of drug-likeness (QED) is 0.795. The standard InChI is InChI=1S/C7H7ClO3S/c8-4-1-2-12-7(4)5(9)3-6(10)11/h1-2,5,9H,3H2,(H,10,11)/t5-/m0/s1. The Morgan fingerprint density at radius 3 is 2.83 bits per heavy atom. The number of thiophene rings is 1. The summed E-state index contributed by atoms with van der Waals surface area (Å²) in [4.78, 5) is 10.7. The molecule has 3 nitrogen and oxygen atoms in total. The molecule has 1 heterocycles. The molecule has 0 spiro atoms. The van der Waals surface area contributed by atoms with E-state index in [1.807, 2.05) is 0 Å². The average molecular weight is 207 g/mol. The van der Waals surface area contributed by atoms with Crippen LogP contribution in [0.1, 0.15) is 17.4 Å². The van der Waals surface area contributed by atoms with Crippen molar-refractivity contribution >= 4 is 28.9 Å². The molecule has 1 aromatic heterocycles. The van der Waals surface area contributed by atoms with Gasteiger partial charge in [0.25, 0.3) is 0 Å². The normalized spacial score (nSPS) is 12.8. The molecule has 0 fully saturated rings. The predicted octanol–water partition coefficient (Wildman–Crippen LogP) is 1.91. The molecule has 1 atom stereocenters. The van der Waals surface area contributed by atoms with Crippen molar-refractivity contribution in [3.05, 3.63) is 21.3 Å². The molecule has 0 amide bonds. The Balaban J connectivity index is 2.71. The maximum absolute atomic E-state index is 10.2. The fourth-order valence-electron chi connectivity index (χ4n) is 0.801. The van der Waals surface area contributed by atoms with E-state index >= 15 is 0 Å². The highest BCUT2D eigenvalue weighted by Gasteiger charge is 2.15. The second kappa shape index (κ2) is 3.89. The van der Waals surface area contributed by atoms with E-state index in [1.165, 1.54) is 11.3 Å². The van der Waals surface area contributed by atoms with Gasteiger partial charge in [0.1, 0.15) is 6.10 Å². The van der Waals surface area contributed by atoms with Crippen LogP contribution in [0.3, 0.4) is 0 Å². The molecule has 0 aromatic carbocycles. The van der Waals surface area contributed by atoms with Crippen LogP contribution in [0.2, 0.25) is 5.02 Å². The average Bonchev–Trinajstić information content (AvgIpc) is 2.33. The van der Waals surface area contributed by atoms with Gasteiger partial charge in [0.15, 0.2) is 0 Å². The molecule has 1 aromatic rings. The third-order valence-electron chi connectivity index (χ3n) is 1.32. The number of carboxylic acids is 1. The number of hydrogen-bond acceptors (Lipinski definition) is 3. The number of carboxylic acid groups (broad SMARTS) is 1. The van der Waals surface area contributed by atoms with Gasteiger partial charge in [-0.05, 0) is 11.4 Å². The van der Waals surface area contributed by atoms with Gasteiger partial charge in [0.05, 0.1) is 16.3 Å². The smallest absolute Gasteiger partial charge is 0.306 e. The zero-order chi connectivity index (χ0) is 9.14. The van der Waals surface area contributed by atoms with Crippen LogP contribution in [-0.4, -0.2) is 16.2 Å². The first-order valence-corrected chi connectivity index (χ1v) is 4.49. The summed E-state index contributed by atoms with van der Waals surface area (Å²) in [6, 6.07) is 1.63. The molecular formula is C7H7ClO3S. The van der Waals surface area contributed by atoms with Gasteiger partial charge >= 0.3 is 5.97 Å². The monoisotopic (exact) mass is 206 g/mol. The fourth-order valence-corrected chi connectivity index (χ4v) is 1.97. The molecule has 0 aliphatic carbocycles. The van der Waals surface area contributed by atoms with Gasteiger partial charge in [0, 0.05) is 0 Å². The van der Waals surface area contributed by atoms with Gasteiger partial charge in [0.2, 0.25) is 0 Å². The van der Waals surface area contributed by atoms with Crippen molar-refractivity contribution in [2.75, 3.05) is 0 Å². The van der Waals surface area contributed by atoms with Crippen molar-refractivity contribution in [2.24, 2.45) is 0 Å². The summed E-state index contributed by atoms with van der Waals surface area (Å²) in [6.45, 7) is 0. The lowest BCUT2D eigenvalue weighted by Gasteiger charge is -2.04. The third kappa shape index (κ3) is 2.20. The highest BCUT2D eigenvalue weighted by atomic mass is 35.5. The van der Waals surface area contributed by atoms with Gasteiger partial charge in [-0.15, -0.1) is 11.3 Å². The molecule has 0 unspecified atom stereocenters. The first-order valence-electron chi connectivity index (χ1n) is 3.24. The summed E-state index contributed by atoms with van der Waals surface area (Å²) < 4.78 is 0. The Hall–Kier alpha value is -0.580. The SMILES string of the molecule is O=C(O)C[C@H](O)c1sccc1Cl. The van der Waals surface area contributed by atoms with E-state index in [1.54, 1.807) is 11.4 Å². The van der Waals surface area contributed by atoms with Crippen molar-refractivity contribution in [1.29, 1.82) is 0 Å². The predicted molar refractivity (Wildman–Crippen MR) is 46.5 cm³/mol. The van der Waals surface area contributed by atoms with Gasteiger partial charge < -0.3 is 10.2 Å². The summed E-state index contributed by atoms with van der Waals surface area (Å²) in [6.07, 6.45) is -1.30. The van der Waals surface area contributed by atoms with Crippen molar-refractivity contribution in [3.8, 4) is 0 Å². The van der Waals surface area contributed by atoms with Crippen molar-refractivity contribution in [1.82, 2.24) is 0 Å². The van der Waals surface area contributed by atoms with E-state index in [2.05, 4.69) is 0 Å². The molecule has 5 heteroatoms. The molecule has 0 bridgehead atoms. The zero-order valence-electron chi connectivity index (χ0n) is 6.03. The van der Waals surface area contributed by atoms with Crippen LogP contribution in [0, 0.1) is 0 Å². The van der Waals surface area contributed by atoms with Gasteiger partial charge in [-0.25, -0.2) is 0 Å². The molecule has 66 valence electrons. The second-order valence-electron chi connectivity index (χ2n) is 2.25. The lowest BCUT2D eigenvalue weighted by molar-refractivity contribution is -0.139. The van der Waals surface area contributed by atoms with E-state index in [0.29, 0.717) is 9.90 Å². The topological polar surface area (TPSA) is 57.5 Å². The van der Waals surface area contributed by atoms with E-state index in [4.69, 9.17) is 16.7 Å². The van der Waals surface area contributed by atoms with Crippen molar-refractivity contribution in [2.45, 2.75) is 12.5 Å². The largest absolute Gasteiger partial charge is 0.481 e. The molecule has 0 saturated heterocycles. The van der Waals surface area contributed by atoms with Crippen LogP contribution in [-0.2, 0) is 4.79 Å². The summed E-state index contributed by atoms with van der Waals surface area (Å²) in [7, 11) is 0. The number of halogens is 1. The minimum Gasteiger partial charge on any atom is -0.481 e. The highest BCUT2D eigenvalue weighted by molar-refractivity contribution is 7.10. The van der Waals surface area contributed by atoms with Gasteiger partial charge in [-0.3, -0.25) is 4.79 Å². The number of aliphatic hydroxyl groups is 1. The summed E-state index contributed by atoms with van der Waals surface area (Å²) in [5.41, 5.74) is 0. The number of aliphatic hydroxyl groups excluding tert-OH is 1. The minimum atomic E-state index is -1.04. The summed E-state index contributed by atoms with van der Waals surface area (Å²) in [5, 5.41) is 19.8. The number of carbonyl (C=O) groups is 1. The van der Waals surface area contributed by atoms with Crippen molar-refractivity contribution in [3.63, 3.8) is 0 Å². The molecule has 12 heavy (non-hydrogen) atoms. The van der Waals surface area contributed by atoms with Crippen LogP contribution in [0.15, 0.2) is 11.4 Å². The Bertz CT molecular complexity index is 284. The Morgan fingerprint density at radius 2 is 2.42 bits per heavy atom. The first kappa shape index (κ1) is 9.51. The third-order valence-corrected chi connectivity index (χ3v) is 2.78. The zero-order valence-corrected chi connectivity index (χ0v) is 7.60.